The van der Waals surface area contributed by atoms with Gasteiger partial charge in [0.1, 0.15) is 0 Å². The van der Waals surface area contributed by atoms with Crippen molar-refractivity contribution < 1.29 is 9.90 Å². The van der Waals surface area contributed by atoms with E-state index in [9.17, 15) is 4.79 Å². The van der Waals surface area contributed by atoms with E-state index in [1.807, 2.05) is 13.8 Å². The molecule has 0 aromatic rings. The summed E-state index contributed by atoms with van der Waals surface area (Å²) in [6.45, 7) is 3.97. The molecule has 0 aromatic carbocycles. The molecule has 1 fully saturated rings. The first-order chi connectivity index (χ1) is 6.53. The van der Waals surface area contributed by atoms with Crippen molar-refractivity contribution in [2.24, 2.45) is 17.1 Å². The molecule has 1 rings (SSSR count). The van der Waals surface area contributed by atoms with Gasteiger partial charge in [0.2, 0.25) is 0 Å². The fraction of sp³-hybridized carbons (Fsp3) is 0.909. The highest BCUT2D eigenvalue weighted by Gasteiger charge is 2.57. The van der Waals surface area contributed by atoms with Crippen molar-refractivity contribution in [3.8, 4) is 0 Å². The summed E-state index contributed by atoms with van der Waals surface area (Å²) < 4.78 is 0. The van der Waals surface area contributed by atoms with E-state index in [4.69, 9.17) is 10.8 Å². The lowest BCUT2D eigenvalue weighted by Gasteiger charge is -2.09. The predicted molar refractivity (Wildman–Crippen MR) is 56.0 cm³/mol. The minimum atomic E-state index is -0.606. The zero-order valence-electron chi connectivity index (χ0n) is 9.12. The summed E-state index contributed by atoms with van der Waals surface area (Å²) in [5.74, 6) is -0.199. The SMILES string of the molecule is CCC1(C(=O)O)CC1CCCC(C)N. The average molecular weight is 199 g/mol. The van der Waals surface area contributed by atoms with Crippen LogP contribution in [0.2, 0.25) is 0 Å². The van der Waals surface area contributed by atoms with Crippen LogP contribution >= 0.6 is 0 Å². The monoisotopic (exact) mass is 199 g/mol. The van der Waals surface area contributed by atoms with Crippen molar-refractivity contribution in [1.29, 1.82) is 0 Å². The number of hydrogen-bond donors (Lipinski definition) is 2. The zero-order valence-corrected chi connectivity index (χ0v) is 9.12. The summed E-state index contributed by atoms with van der Waals surface area (Å²) in [6, 6.07) is 0.245. The van der Waals surface area contributed by atoms with Crippen molar-refractivity contribution in [2.75, 3.05) is 0 Å². The van der Waals surface area contributed by atoms with Gasteiger partial charge >= 0.3 is 5.97 Å². The van der Waals surface area contributed by atoms with Crippen LogP contribution in [0, 0.1) is 11.3 Å². The number of hydrogen-bond acceptors (Lipinski definition) is 2. The van der Waals surface area contributed by atoms with Gasteiger partial charge in [0.05, 0.1) is 5.41 Å². The van der Waals surface area contributed by atoms with Crippen molar-refractivity contribution in [3.63, 3.8) is 0 Å². The van der Waals surface area contributed by atoms with E-state index in [0.717, 1.165) is 32.1 Å². The third-order valence-corrected chi connectivity index (χ3v) is 3.50. The molecule has 0 amide bonds. The highest BCUT2D eigenvalue weighted by molar-refractivity contribution is 5.78. The molecule has 0 spiro atoms. The van der Waals surface area contributed by atoms with Gasteiger partial charge in [-0.15, -0.1) is 0 Å². The summed E-state index contributed by atoms with van der Waals surface area (Å²) in [6.07, 6.45) is 4.75. The zero-order chi connectivity index (χ0) is 10.8. The standard InChI is InChI=1S/C11H21NO2/c1-3-11(10(13)14)7-9(11)6-4-5-8(2)12/h8-9H,3-7,12H2,1-2H3,(H,13,14). The average Bonchev–Trinajstić information content (AvgIpc) is 2.79. The van der Waals surface area contributed by atoms with Crippen molar-refractivity contribution in [3.05, 3.63) is 0 Å². The third kappa shape index (κ3) is 2.27. The summed E-state index contributed by atoms with van der Waals surface area (Å²) in [7, 11) is 0. The van der Waals surface area contributed by atoms with Crippen LogP contribution in [0.4, 0.5) is 0 Å². The Balaban J connectivity index is 2.27. The van der Waals surface area contributed by atoms with Crippen LogP contribution in [-0.4, -0.2) is 17.1 Å². The number of nitrogens with two attached hydrogens (primary N) is 1. The molecule has 0 aliphatic heterocycles. The third-order valence-electron chi connectivity index (χ3n) is 3.50. The smallest absolute Gasteiger partial charge is 0.309 e. The van der Waals surface area contributed by atoms with Gasteiger partial charge in [0.25, 0.3) is 0 Å². The molecule has 0 saturated heterocycles. The van der Waals surface area contributed by atoms with Gasteiger partial charge in [-0.3, -0.25) is 4.79 Å². The van der Waals surface area contributed by atoms with Crippen molar-refractivity contribution in [1.82, 2.24) is 0 Å². The Morgan fingerprint density at radius 2 is 2.36 bits per heavy atom. The van der Waals surface area contributed by atoms with Gasteiger partial charge in [0.15, 0.2) is 0 Å². The van der Waals surface area contributed by atoms with E-state index in [0.29, 0.717) is 5.92 Å². The molecule has 1 saturated carbocycles. The number of carbonyl (C=O) groups is 1. The largest absolute Gasteiger partial charge is 0.481 e. The Labute approximate surface area is 85.7 Å². The molecule has 14 heavy (non-hydrogen) atoms. The Bertz CT molecular complexity index is 215. The van der Waals surface area contributed by atoms with E-state index >= 15 is 0 Å². The van der Waals surface area contributed by atoms with Gasteiger partial charge in [0, 0.05) is 6.04 Å². The minimum absolute atomic E-state index is 0.245. The van der Waals surface area contributed by atoms with Gasteiger partial charge in [-0.05, 0) is 38.5 Å². The normalized spacial score (nSPS) is 32.6. The maximum Gasteiger partial charge on any atom is 0.309 e. The molecule has 0 bridgehead atoms. The fourth-order valence-electron chi connectivity index (χ4n) is 2.29. The summed E-state index contributed by atoms with van der Waals surface area (Å²) in [5.41, 5.74) is 5.27. The highest BCUT2D eigenvalue weighted by atomic mass is 16.4. The van der Waals surface area contributed by atoms with Crippen molar-refractivity contribution >= 4 is 5.97 Å². The Hall–Kier alpha value is -0.570. The summed E-state index contributed by atoms with van der Waals surface area (Å²) in [5, 5.41) is 9.06. The molecule has 1 aliphatic rings. The summed E-state index contributed by atoms with van der Waals surface area (Å²) >= 11 is 0. The maximum atomic E-state index is 11.0. The van der Waals surface area contributed by atoms with Crippen LogP contribution in [0.1, 0.15) is 46.0 Å². The number of rotatable bonds is 6. The van der Waals surface area contributed by atoms with Gasteiger partial charge < -0.3 is 10.8 Å². The molecule has 0 aromatic heterocycles. The molecule has 3 heteroatoms. The van der Waals surface area contributed by atoms with Crippen molar-refractivity contribution in [2.45, 2.75) is 52.0 Å². The first-order valence-electron chi connectivity index (χ1n) is 5.52. The van der Waals surface area contributed by atoms with Crippen LogP contribution in [0.3, 0.4) is 0 Å². The van der Waals surface area contributed by atoms with Gasteiger partial charge in [-0.25, -0.2) is 0 Å². The Morgan fingerprint density at radius 1 is 1.71 bits per heavy atom. The van der Waals surface area contributed by atoms with E-state index < -0.39 is 5.97 Å². The van der Waals surface area contributed by atoms with E-state index in [-0.39, 0.29) is 11.5 Å². The lowest BCUT2D eigenvalue weighted by Crippen LogP contribution is -2.17. The van der Waals surface area contributed by atoms with Crippen LogP contribution in [0.15, 0.2) is 0 Å². The molecule has 3 nitrogen and oxygen atoms in total. The highest BCUT2D eigenvalue weighted by Crippen LogP contribution is 2.57. The van der Waals surface area contributed by atoms with E-state index in [1.165, 1.54) is 0 Å². The molecular formula is C11H21NO2. The van der Waals surface area contributed by atoms with E-state index in [1.54, 1.807) is 0 Å². The second-order valence-corrected chi connectivity index (χ2v) is 4.62. The fourth-order valence-corrected chi connectivity index (χ4v) is 2.29. The molecule has 0 heterocycles. The molecular weight excluding hydrogens is 178 g/mol. The van der Waals surface area contributed by atoms with Crippen LogP contribution < -0.4 is 5.73 Å². The number of carboxylic acids is 1. The number of carboxylic acid groups (broad SMARTS) is 1. The van der Waals surface area contributed by atoms with Crippen LogP contribution in [-0.2, 0) is 4.79 Å². The molecule has 82 valence electrons. The number of aliphatic carboxylic acids is 1. The quantitative estimate of drug-likeness (QED) is 0.687. The van der Waals surface area contributed by atoms with Gasteiger partial charge in [-0.1, -0.05) is 13.3 Å². The topological polar surface area (TPSA) is 63.3 Å². The lowest BCUT2D eigenvalue weighted by atomic mass is 9.97. The molecule has 3 atom stereocenters. The molecule has 3 unspecified atom stereocenters. The summed E-state index contributed by atoms with van der Waals surface area (Å²) in [4.78, 5) is 11.0. The lowest BCUT2D eigenvalue weighted by molar-refractivity contribution is -0.144. The Kier molecular flexibility index (Phi) is 3.53. The second kappa shape index (κ2) is 4.30. The molecule has 1 aliphatic carbocycles. The second-order valence-electron chi connectivity index (χ2n) is 4.62. The maximum absolute atomic E-state index is 11.0. The Morgan fingerprint density at radius 3 is 2.71 bits per heavy atom. The molecule has 3 N–H and O–H groups in total. The van der Waals surface area contributed by atoms with E-state index in [2.05, 4.69) is 0 Å². The predicted octanol–water partition coefficient (Wildman–Crippen LogP) is 2.00. The van der Waals surface area contributed by atoms with Crippen LogP contribution in [0.5, 0.6) is 0 Å². The van der Waals surface area contributed by atoms with Gasteiger partial charge in [-0.2, -0.15) is 0 Å². The van der Waals surface area contributed by atoms with Crippen LogP contribution in [0.25, 0.3) is 0 Å². The first kappa shape index (κ1) is 11.5. The first-order valence-corrected chi connectivity index (χ1v) is 5.52. The molecule has 0 radical (unpaired) electrons. The minimum Gasteiger partial charge on any atom is -0.481 e.